The monoisotopic (exact) mass is 505 g/mol. The molecule has 0 bridgehead atoms. The van der Waals surface area contributed by atoms with Crippen molar-refractivity contribution in [1.29, 1.82) is 0 Å². The molecular weight excluding hydrogens is 482 g/mol. The number of nitrogens with zero attached hydrogens (tertiary/aromatic N) is 2. The minimum Gasteiger partial charge on any atom is -0.497 e. The van der Waals surface area contributed by atoms with Crippen LogP contribution >= 0.6 is 11.3 Å². The van der Waals surface area contributed by atoms with Gasteiger partial charge in [-0.1, -0.05) is 30.3 Å². The molecule has 2 heterocycles. The molecule has 0 saturated heterocycles. The van der Waals surface area contributed by atoms with E-state index >= 15 is 0 Å². The van der Waals surface area contributed by atoms with Gasteiger partial charge in [0, 0.05) is 23.1 Å². The van der Waals surface area contributed by atoms with Crippen LogP contribution in [0.2, 0.25) is 0 Å². The van der Waals surface area contributed by atoms with Gasteiger partial charge in [-0.3, -0.25) is 14.4 Å². The van der Waals surface area contributed by atoms with Gasteiger partial charge in [-0.2, -0.15) is 0 Å². The van der Waals surface area contributed by atoms with Crippen molar-refractivity contribution < 1.29 is 17.9 Å². The second kappa shape index (κ2) is 9.52. The predicted molar refractivity (Wildman–Crippen MR) is 138 cm³/mol. The number of nitrogens with one attached hydrogen (secondary N) is 1. The lowest BCUT2D eigenvalue weighted by Gasteiger charge is -2.30. The van der Waals surface area contributed by atoms with Crippen LogP contribution in [0.5, 0.6) is 5.75 Å². The molecule has 0 atom stereocenters. The molecule has 0 fully saturated rings. The topological polar surface area (TPSA) is 88.6 Å². The molecule has 0 radical (unpaired) electrons. The maximum Gasteiger partial charge on any atom is 0.264 e. The molecule has 0 unspecified atom stereocenters. The summed E-state index contributed by atoms with van der Waals surface area (Å²) in [6.45, 7) is 0.432. The van der Waals surface area contributed by atoms with Gasteiger partial charge >= 0.3 is 0 Å². The summed E-state index contributed by atoms with van der Waals surface area (Å²) < 4.78 is 33.3. The third-order valence-corrected chi connectivity index (χ3v) is 8.45. The van der Waals surface area contributed by atoms with E-state index in [0.717, 1.165) is 41.1 Å². The number of anilines is 2. The first kappa shape index (κ1) is 23.1. The number of sulfonamides is 1. The molecule has 0 aliphatic carbocycles. The van der Waals surface area contributed by atoms with E-state index in [1.54, 1.807) is 7.11 Å². The maximum atomic E-state index is 13.3. The number of aryl methyl sites for hydroxylation is 1. The minimum atomic E-state index is -3.73. The number of benzene rings is 3. The number of carbonyl (C=O) groups is 1. The summed E-state index contributed by atoms with van der Waals surface area (Å²) in [6.07, 6.45) is 1.62. The smallest absolute Gasteiger partial charge is 0.264 e. The van der Waals surface area contributed by atoms with E-state index < -0.39 is 10.0 Å². The normalized spacial score (nSPS) is 13.2. The molecule has 5 rings (SSSR count). The summed E-state index contributed by atoms with van der Waals surface area (Å²) in [6, 6.07) is 21.1. The third kappa shape index (κ3) is 4.65. The molecule has 1 amide bonds. The standard InChI is InChI=1S/C26H23N3O4S2/c1-33-21-9-4-7-20(16-21)23-17-34-26(27-23)28-25(30)19-11-13-22(14-12-19)35(31,32)29-15-5-8-18-6-2-3-10-24(18)29/h2-4,6-7,9-14,16-17H,5,8,15H2,1H3,(H,27,28,30). The van der Waals surface area contributed by atoms with Crippen LogP contribution in [0, 0.1) is 0 Å². The van der Waals surface area contributed by atoms with Crippen LogP contribution in [0.1, 0.15) is 22.3 Å². The van der Waals surface area contributed by atoms with E-state index in [1.165, 1.54) is 39.9 Å². The number of hydrogen-bond donors (Lipinski definition) is 1. The van der Waals surface area contributed by atoms with Crippen molar-refractivity contribution in [1.82, 2.24) is 4.98 Å². The van der Waals surface area contributed by atoms with Gasteiger partial charge in [0.05, 0.1) is 23.4 Å². The molecule has 178 valence electrons. The summed E-state index contributed by atoms with van der Waals surface area (Å²) >= 11 is 1.31. The van der Waals surface area contributed by atoms with Crippen molar-refractivity contribution in [2.24, 2.45) is 0 Å². The molecule has 1 aliphatic rings. The first-order valence-electron chi connectivity index (χ1n) is 11.1. The summed E-state index contributed by atoms with van der Waals surface area (Å²) in [5.74, 6) is 0.368. The second-order valence-electron chi connectivity index (χ2n) is 8.06. The van der Waals surface area contributed by atoms with Gasteiger partial charge in [-0.15, -0.1) is 11.3 Å². The lowest BCUT2D eigenvalue weighted by Crippen LogP contribution is -2.35. The number of hydrogen-bond acceptors (Lipinski definition) is 6. The summed E-state index contributed by atoms with van der Waals surface area (Å²) in [4.78, 5) is 17.4. The van der Waals surface area contributed by atoms with Crippen molar-refractivity contribution in [2.75, 3.05) is 23.3 Å². The average molecular weight is 506 g/mol. The van der Waals surface area contributed by atoms with Gasteiger partial charge in [0.2, 0.25) is 0 Å². The van der Waals surface area contributed by atoms with E-state index in [-0.39, 0.29) is 10.8 Å². The molecule has 9 heteroatoms. The number of rotatable bonds is 6. The van der Waals surface area contributed by atoms with Crippen molar-refractivity contribution >= 4 is 38.1 Å². The van der Waals surface area contributed by atoms with Gasteiger partial charge in [0.1, 0.15) is 5.75 Å². The first-order valence-corrected chi connectivity index (χ1v) is 13.4. The number of thiazole rings is 1. The Balaban J connectivity index is 1.31. The Labute approximate surface area is 208 Å². The van der Waals surface area contributed by atoms with E-state index in [0.29, 0.717) is 17.2 Å². The highest BCUT2D eigenvalue weighted by Gasteiger charge is 2.29. The number of carbonyl (C=O) groups excluding carboxylic acids is 1. The predicted octanol–water partition coefficient (Wildman–Crippen LogP) is 5.21. The van der Waals surface area contributed by atoms with E-state index in [2.05, 4.69) is 10.3 Å². The van der Waals surface area contributed by atoms with Gasteiger partial charge in [0.15, 0.2) is 5.13 Å². The van der Waals surface area contributed by atoms with E-state index in [4.69, 9.17) is 4.74 Å². The van der Waals surface area contributed by atoms with Gasteiger partial charge in [-0.25, -0.2) is 13.4 Å². The molecule has 0 saturated carbocycles. The fraction of sp³-hybridized carbons (Fsp3) is 0.154. The molecule has 35 heavy (non-hydrogen) atoms. The Hall–Kier alpha value is -3.69. The zero-order valence-electron chi connectivity index (χ0n) is 19.0. The van der Waals surface area contributed by atoms with E-state index in [9.17, 15) is 13.2 Å². The number of amides is 1. The zero-order chi connectivity index (χ0) is 24.4. The van der Waals surface area contributed by atoms with Crippen LogP contribution in [0.15, 0.2) is 83.1 Å². The maximum absolute atomic E-state index is 13.3. The largest absolute Gasteiger partial charge is 0.497 e. The van der Waals surface area contributed by atoms with Gasteiger partial charge in [0.25, 0.3) is 15.9 Å². The fourth-order valence-corrected chi connectivity index (χ4v) is 6.33. The SMILES string of the molecule is COc1cccc(-c2csc(NC(=O)c3ccc(S(=O)(=O)N4CCCc5ccccc54)cc3)n2)c1. The third-order valence-electron chi connectivity index (χ3n) is 5.86. The van der Waals surface area contributed by atoms with Crippen LogP contribution in [0.25, 0.3) is 11.3 Å². The number of methoxy groups -OCH3 is 1. The zero-order valence-corrected chi connectivity index (χ0v) is 20.6. The quantitative estimate of drug-likeness (QED) is 0.389. The number of fused-ring (bicyclic) bond motifs is 1. The Morgan fingerprint density at radius 2 is 1.86 bits per heavy atom. The lowest BCUT2D eigenvalue weighted by atomic mass is 10.0. The molecule has 4 aromatic rings. The summed E-state index contributed by atoms with van der Waals surface area (Å²) in [5.41, 5.74) is 3.70. The molecular formula is C26H23N3O4S2. The molecule has 3 aromatic carbocycles. The summed E-state index contributed by atoms with van der Waals surface area (Å²) in [7, 11) is -2.12. The number of para-hydroxylation sites is 1. The molecule has 1 aliphatic heterocycles. The number of ether oxygens (including phenoxy) is 1. The highest BCUT2D eigenvalue weighted by molar-refractivity contribution is 7.92. The molecule has 1 aromatic heterocycles. The van der Waals surface area contributed by atoms with Gasteiger partial charge in [-0.05, 0) is 60.9 Å². The van der Waals surface area contributed by atoms with Crippen LogP contribution in [0.3, 0.4) is 0 Å². The van der Waals surface area contributed by atoms with Crippen molar-refractivity contribution in [3.8, 4) is 17.0 Å². The van der Waals surface area contributed by atoms with Crippen LogP contribution in [0.4, 0.5) is 10.8 Å². The highest BCUT2D eigenvalue weighted by Crippen LogP contribution is 2.32. The van der Waals surface area contributed by atoms with Crippen LogP contribution < -0.4 is 14.4 Å². The molecule has 0 spiro atoms. The average Bonchev–Trinajstić information content (AvgIpc) is 3.37. The summed E-state index contributed by atoms with van der Waals surface area (Å²) in [5, 5.41) is 5.10. The second-order valence-corrected chi connectivity index (χ2v) is 10.8. The Morgan fingerprint density at radius 1 is 1.06 bits per heavy atom. The highest BCUT2D eigenvalue weighted by atomic mass is 32.2. The van der Waals surface area contributed by atoms with Crippen molar-refractivity contribution in [3.05, 3.63) is 89.3 Å². The molecule has 7 nitrogen and oxygen atoms in total. The Morgan fingerprint density at radius 3 is 2.66 bits per heavy atom. The van der Waals surface area contributed by atoms with Crippen molar-refractivity contribution in [3.63, 3.8) is 0 Å². The lowest BCUT2D eigenvalue weighted by molar-refractivity contribution is 0.102. The van der Waals surface area contributed by atoms with Crippen molar-refractivity contribution in [2.45, 2.75) is 17.7 Å². The Bertz CT molecular complexity index is 1480. The Kier molecular flexibility index (Phi) is 6.27. The fourth-order valence-electron chi connectivity index (χ4n) is 4.07. The first-order chi connectivity index (χ1) is 17.0. The van der Waals surface area contributed by atoms with Crippen LogP contribution in [-0.4, -0.2) is 33.0 Å². The number of aromatic nitrogens is 1. The van der Waals surface area contributed by atoms with Crippen LogP contribution in [-0.2, 0) is 16.4 Å². The molecule has 1 N–H and O–H groups in total. The minimum absolute atomic E-state index is 0.153. The van der Waals surface area contributed by atoms with E-state index in [1.807, 2.05) is 53.9 Å². The van der Waals surface area contributed by atoms with Gasteiger partial charge < -0.3 is 4.74 Å².